The molecule has 0 amide bonds. The number of rotatable bonds is 6. The normalized spacial score (nSPS) is 18.2. The number of allylic oxidation sites excluding steroid dienone is 5. The van der Waals surface area contributed by atoms with Gasteiger partial charge in [-0.05, 0) is 47.1 Å². The number of hydrogen-bond acceptors (Lipinski definition) is 6. The minimum absolute atomic E-state index is 0.0750. The number of thioether (sulfide) groups is 1. The van der Waals surface area contributed by atoms with Gasteiger partial charge in [0, 0.05) is 53.1 Å². The Morgan fingerprint density at radius 1 is 1.13 bits per heavy atom. The number of ketones is 1. The van der Waals surface area contributed by atoms with E-state index in [2.05, 4.69) is 26.6 Å². The number of alkyl halides is 3. The molecule has 1 unspecified atom stereocenters. The van der Waals surface area contributed by atoms with Gasteiger partial charge in [0.05, 0.1) is 21.8 Å². The van der Waals surface area contributed by atoms with Gasteiger partial charge in [0.2, 0.25) is 0 Å². The van der Waals surface area contributed by atoms with E-state index in [1.54, 1.807) is 17.8 Å². The molecule has 2 aromatic carbocycles. The van der Waals surface area contributed by atoms with E-state index in [1.807, 2.05) is 30.3 Å². The van der Waals surface area contributed by atoms with Crippen molar-refractivity contribution in [2.45, 2.75) is 18.0 Å². The topological polar surface area (TPSA) is 85.1 Å². The lowest BCUT2D eigenvalue weighted by atomic mass is 9.92. The van der Waals surface area contributed by atoms with E-state index in [0.29, 0.717) is 27.8 Å². The molecule has 3 aromatic rings. The van der Waals surface area contributed by atoms with Gasteiger partial charge < -0.3 is 10.6 Å². The zero-order valence-electron chi connectivity index (χ0n) is 23.3. The molecule has 3 aliphatic rings. The Labute approximate surface area is 271 Å². The smallest absolute Gasteiger partial charge is 0.354 e. The number of carbonyl (C=O) groups is 1. The maximum absolute atomic E-state index is 15.3. The molecular formula is C31H22BrClF4N4O3S. The SMILES string of the molecule is Cn1c(C(F)(F)F)cc(=O)n(-c2cc(NC3=C(C4NCCS4)C4=CC=CC(=O)C4=C3Cc3ccc(Br)cc3)c(Cl)cc2F)c1=O. The lowest BCUT2D eigenvalue weighted by Crippen LogP contribution is -2.41. The summed E-state index contributed by atoms with van der Waals surface area (Å²) in [4.78, 5) is 39.1. The van der Waals surface area contributed by atoms with E-state index >= 15 is 4.39 Å². The zero-order chi connectivity index (χ0) is 32.2. The summed E-state index contributed by atoms with van der Waals surface area (Å²) in [7, 11) is 0.844. The maximum Gasteiger partial charge on any atom is 0.431 e. The number of anilines is 1. The van der Waals surface area contributed by atoms with Gasteiger partial charge in [0.15, 0.2) is 5.78 Å². The second kappa shape index (κ2) is 11.9. The molecule has 2 aliphatic carbocycles. The highest BCUT2D eigenvalue weighted by Gasteiger charge is 2.39. The van der Waals surface area contributed by atoms with Crippen LogP contribution in [0.1, 0.15) is 11.3 Å². The molecule has 1 aromatic heterocycles. The van der Waals surface area contributed by atoms with Gasteiger partial charge in [-0.1, -0.05) is 51.8 Å². The molecule has 1 fully saturated rings. The van der Waals surface area contributed by atoms with Gasteiger partial charge >= 0.3 is 11.9 Å². The van der Waals surface area contributed by atoms with Crippen LogP contribution in [0.15, 0.2) is 103 Å². The molecule has 0 saturated carbocycles. The summed E-state index contributed by atoms with van der Waals surface area (Å²) in [5.41, 5.74) is -0.645. The molecule has 0 radical (unpaired) electrons. The fourth-order valence-corrected chi connectivity index (χ4v) is 7.14. The standard InChI is InChI=1S/C31H22BrClF4N4O3S/c1-40-24(31(35,36)37)14-25(43)41(30(40)44)22-13-21(19(33)12-20(22)34)39-28-18(11-15-5-7-16(32)8-6-15)26-17(3-2-4-23(26)42)27(28)29-38-9-10-45-29/h2-8,12-14,29,38-39H,9-11H2,1H3. The summed E-state index contributed by atoms with van der Waals surface area (Å²) >= 11 is 11.6. The minimum atomic E-state index is -4.98. The van der Waals surface area contributed by atoms with Crippen molar-refractivity contribution in [3.05, 3.63) is 136 Å². The summed E-state index contributed by atoms with van der Waals surface area (Å²) in [6.07, 6.45) is 0.369. The monoisotopic (exact) mass is 720 g/mol. The molecule has 2 N–H and O–H groups in total. The summed E-state index contributed by atoms with van der Waals surface area (Å²) in [5.74, 6) is -0.470. The van der Waals surface area contributed by atoms with Crippen molar-refractivity contribution in [3.8, 4) is 5.69 Å². The molecular weight excluding hydrogens is 700 g/mol. The maximum atomic E-state index is 15.3. The van der Waals surface area contributed by atoms with E-state index < -0.39 is 34.6 Å². The van der Waals surface area contributed by atoms with Gasteiger partial charge in [0.1, 0.15) is 11.5 Å². The van der Waals surface area contributed by atoms with Gasteiger partial charge in [0.25, 0.3) is 5.56 Å². The van der Waals surface area contributed by atoms with Crippen LogP contribution in [-0.4, -0.2) is 32.6 Å². The quantitative estimate of drug-likeness (QED) is 0.302. The van der Waals surface area contributed by atoms with Crippen LogP contribution in [0.25, 0.3) is 5.69 Å². The highest BCUT2D eigenvalue weighted by atomic mass is 79.9. The molecule has 14 heteroatoms. The van der Waals surface area contributed by atoms with Crippen molar-refractivity contribution >= 4 is 50.8 Å². The molecule has 1 saturated heterocycles. The number of benzene rings is 2. The predicted octanol–water partition coefficient (Wildman–Crippen LogP) is 6.06. The molecule has 0 bridgehead atoms. The molecule has 232 valence electrons. The van der Waals surface area contributed by atoms with Crippen LogP contribution >= 0.6 is 39.3 Å². The van der Waals surface area contributed by atoms with Crippen molar-refractivity contribution in [1.82, 2.24) is 14.5 Å². The van der Waals surface area contributed by atoms with Crippen LogP contribution in [0, 0.1) is 5.82 Å². The minimum Gasteiger partial charge on any atom is -0.354 e. The Morgan fingerprint density at radius 2 is 1.87 bits per heavy atom. The number of carbonyl (C=O) groups excluding carboxylic acids is 1. The van der Waals surface area contributed by atoms with Crippen LogP contribution in [-0.2, 0) is 24.4 Å². The van der Waals surface area contributed by atoms with E-state index in [1.165, 1.54) is 6.08 Å². The number of fused-ring (bicyclic) bond motifs is 1. The molecule has 6 rings (SSSR count). The van der Waals surface area contributed by atoms with Crippen molar-refractivity contribution in [2.75, 3.05) is 17.6 Å². The average molecular weight is 722 g/mol. The Hall–Kier alpha value is -3.65. The Balaban J connectivity index is 1.52. The van der Waals surface area contributed by atoms with Crippen molar-refractivity contribution in [3.63, 3.8) is 0 Å². The predicted molar refractivity (Wildman–Crippen MR) is 169 cm³/mol. The van der Waals surface area contributed by atoms with Crippen LogP contribution in [0.4, 0.5) is 23.2 Å². The highest BCUT2D eigenvalue weighted by Crippen LogP contribution is 2.46. The number of nitrogens with one attached hydrogen (secondary N) is 2. The second-order valence-corrected chi connectivity index (χ2v) is 12.9. The van der Waals surface area contributed by atoms with Gasteiger partial charge in [-0.25, -0.2) is 13.8 Å². The molecule has 0 spiro atoms. The van der Waals surface area contributed by atoms with Gasteiger partial charge in [-0.3, -0.25) is 14.2 Å². The Morgan fingerprint density at radius 3 is 2.53 bits per heavy atom. The molecule has 1 aliphatic heterocycles. The molecule has 1 atom stereocenters. The largest absolute Gasteiger partial charge is 0.431 e. The first-order valence-corrected chi connectivity index (χ1v) is 15.7. The number of aromatic nitrogens is 2. The molecule has 45 heavy (non-hydrogen) atoms. The van der Waals surface area contributed by atoms with Gasteiger partial charge in [-0.2, -0.15) is 13.2 Å². The van der Waals surface area contributed by atoms with Crippen molar-refractivity contribution in [1.29, 1.82) is 0 Å². The molecule has 7 nitrogen and oxygen atoms in total. The number of halogens is 6. The third kappa shape index (κ3) is 5.78. The zero-order valence-corrected chi connectivity index (χ0v) is 26.4. The third-order valence-electron chi connectivity index (χ3n) is 7.61. The lowest BCUT2D eigenvalue weighted by Gasteiger charge is -2.21. The third-order valence-corrected chi connectivity index (χ3v) is 9.63. The van der Waals surface area contributed by atoms with Gasteiger partial charge in [-0.15, -0.1) is 11.8 Å². The first kappa shape index (κ1) is 31.3. The first-order valence-electron chi connectivity index (χ1n) is 13.5. The number of nitrogens with zero attached hydrogens (tertiary/aromatic N) is 2. The van der Waals surface area contributed by atoms with Crippen molar-refractivity contribution < 1.29 is 22.4 Å². The summed E-state index contributed by atoms with van der Waals surface area (Å²) < 4.78 is 57.1. The first-order chi connectivity index (χ1) is 21.3. The number of hydrogen-bond donors (Lipinski definition) is 2. The van der Waals surface area contributed by atoms with Crippen LogP contribution in [0.2, 0.25) is 5.02 Å². The summed E-state index contributed by atoms with van der Waals surface area (Å²) in [5, 5.41) is 6.37. The van der Waals surface area contributed by atoms with Crippen LogP contribution in [0.3, 0.4) is 0 Å². The highest BCUT2D eigenvalue weighted by molar-refractivity contribution is 9.10. The summed E-state index contributed by atoms with van der Waals surface area (Å²) in [6, 6.07) is 9.81. The molecule has 2 heterocycles. The average Bonchev–Trinajstić information content (AvgIpc) is 3.60. The van der Waals surface area contributed by atoms with E-state index in [4.69, 9.17) is 11.6 Å². The van der Waals surface area contributed by atoms with Crippen LogP contribution in [0.5, 0.6) is 0 Å². The lowest BCUT2D eigenvalue weighted by molar-refractivity contribution is -0.144. The van der Waals surface area contributed by atoms with E-state index in [-0.39, 0.29) is 32.5 Å². The summed E-state index contributed by atoms with van der Waals surface area (Å²) in [6.45, 7) is 0.724. The Bertz CT molecular complexity index is 2010. The Kier molecular flexibility index (Phi) is 8.31. The second-order valence-electron chi connectivity index (χ2n) is 10.4. The van der Waals surface area contributed by atoms with E-state index in [0.717, 1.165) is 52.7 Å². The fraction of sp³-hybridized carbons (Fsp3) is 0.194. The van der Waals surface area contributed by atoms with Crippen LogP contribution < -0.4 is 21.9 Å². The fourth-order valence-electron chi connectivity index (χ4n) is 5.56. The van der Waals surface area contributed by atoms with Crippen molar-refractivity contribution in [2.24, 2.45) is 7.05 Å². The van der Waals surface area contributed by atoms with E-state index in [9.17, 15) is 27.6 Å².